The molecule has 0 saturated carbocycles. The van der Waals surface area contributed by atoms with Crippen LogP contribution in [0, 0.1) is 0 Å². The van der Waals surface area contributed by atoms with Crippen LogP contribution in [0.15, 0.2) is 0 Å². The van der Waals surface area contributed by atoms with Gasteiger partial charge in [0.2, 0.25) is 0 Å². The van der Waals surface area contributed by atoms with Crippen LogP contribution in [0.25, 0.3) is 0 Å². The molecule has 0 aliphatic rings. The summed E-state index contributed by atoms with van der Waals surface area (Å²) < 4.78 is 126. The first-order valence-corrected chi connectivity index (χ1v) is 4.51. The van der Waals surface area contributed by atoms with Gasteiger partial charge in [0.05, 0.1) is 6.42 Å². The summed E-state index contributed by atoms with van der Waals surface area (Å²) in [4.78, 5) is 0. The van der Waals surface area contributed by atoms with Crippen LogP contribution in [0.4, 0.5) is 43.9 Å². The van der Waals surface area contributed by atoms with E-state index in [-0.39, 0.29) is 6.92 Å². The van der Waals surface area contributed by atoms with E-state index in [1.807, 2.05) is 0 Å². The second-order valence-electron chi connectivity index (χ2n) is 3.98. The molecule has 1 nitrogen and oxygen atoms in total. The average Bonchev–Trinajstić information content (AvgIpc) is 1.92. The fourth-order valence-electron chi connectivity index (χ4n) is 0.921. The highest BCUT2D eigenvalue weighted by atomic mass is 19.4. The summed E-state index contributed by atoms with van der Waals surface area (Å²) in [6.07, 6.45) is -15.3. The zero-order valence-corrected chi connectivity index (χ0v) is 9.39. The lowest BCUT2D eigenvalue weighted by Gasteiger charge is -2.34. The van der Waals surface area contributed by atoms with Gasteiger partial charge in [-0.25, -0.2) is 22.0 Å². The summed E-state index contributed by atoms with van der Waals surface area (Å²) in [5.74, 6) is -14.4. The first-order chi connectivity index (χ1) is 7.91. The highest BCUT2D eigenvalue weighted by molar-refractivity contribution is 4.87. The van der Waals surface area contributed by atoms with E-state index in [9.17, 15) is 43.9 Å². The number of hydrogen-bond acceptors (Lipinski definition) is 1. The molecular weight excluding hydrogens is 302 g/mol. The molecule has 0 aromatic heterocycles. The zero-order chi connectivity index (χ0) is 15.9. The summed E-state index contributed by atoms with van der Waals surface area (Å²) in [5.41, 5.74) is 0. The molecule has 0 heterocycles. The zero-order valence-electron chi connectivity index (χ0n) is 9.39. The Balaban J connectivity index is 5.18. The molecule has 0 aromatic rings. The van der Waals surface area contributed by atoms with Crippen molar-refractivity contribution < 1.29 is 48.6 Å². The van der Waals surface area contributed by atoms with E-state index in [0.29, 0.717) is 0 Å². The largest absolute Gasteiger partial charge is 0.483 e. The molecule has 0 aliphatic heterocycles. The Labute approximate surface area is 100 Å². The Kier molecular flexibility index (Phi) is 4.49. The van der Waals surface area contributed by atoms with Crippen LogP contribution in [0.5, 0.6) is 0 Å². The molecule has 116 valence electrons. The maximum absolute atomic E-state index is 13.1. The van der Waals surface area contributed by atoms with E-state index >= 15 is 0 Å². The first-order valence-electron chi connectivity index (χ1n) is 4.51. The normalized spacial score (nSPS) is 18.3. The molecule has 0 spiro atoms. The molecule has 0 fully saturated rings. The van der Waals surface area contributed by atoms with Gasteiger partial charge in [-0.1, -0.05) is 0 Å². The predicted octanol–water partition coefficient (Wildman–Crippen LogP) is 4.52. The molecule has 0 saturated heterocycles. The molecule has 0 radical (unpaired) electrons. The maximum atomic E-state index is 13.1. The predicted molar refractivity (Wildman–Crippen MR) is 41.8 cm³/mol. The van der Waals surface area contributed by atoms with Crippen LogP contribution in [0.3, 0.4) is 0 Å². The van der Waals surface area contributed by atoms with Crippen molar-refractivity contribution in [2.75, 3.05) is 0 Å². The molecular formula is C8H8F10O. The molecule has 0 bridgehead atoms. The SMILES string of the molecule is CC(F)(F)CC(F)(F)C(C)(F)OC(F)(F)C(F)(F)F. The molecule has 0 rings (SSSR count). The lowest BCUT2D eigenvalue weighted by Crippen LogP contribution is -2.54. The Morgan fingerprint density at radius 3 is 1.37 bits per heavy atom. The minimum atomic E-state index is -6.47. The number of halogens is 10. The second-order valence-corrected chi connectivity index (χ2v) is 3.98. The molecule has 0 aromatic carbocycles. The van der Waals surface area contributed by atoms with Crippen molar-refractivity contribution in [2.45, 2.75) is 50.3 Å². The number of alkyl halides is 10. The molecule has 1 unspecified atom stereocenters. The summed E-state index contributed by atoms with van der Waals surface area (Å²) in [7, 11) is 0. The van der Waals surface area contributed by atoms with Crippen LogP contribution in [0.2, 0.25) is 0 Å². The van der Waals surface area contributed by atoms with Crippen LogP contribution in [-0.2, 0) is 4.74 Å². The second kappa shape index (κ2) is 4.67. The van der Waals surface area contributed by atoms with E-state index in [4.69, 9.17) is 0 Å². The lowest BCUT2D eigenvalue weighted by molar-refractivity contribution is -0.456. The van der Waals surface area contributed by atoms with Crippen LogP contribution in [0.1, 0.15) is 20.3 Å². The van der Waals surface area contributed by atoms with Crippen molar-refractivity contribution in [3.05, 3.63) is 0 Å². The van der Waals surface area contributed by atoms with Crippen LogP contribution >= 0.6 is 0 Å². The van der Waals surface area contributed by atoms with Gasteiger partial charge in [0.15, 0.2) is 0 Å². The standard InChI is InChI=1S/C8H8F10O/c1-4(9,10)3-6(12,13)5(2,11)19-8(17,18)7(14,15)16/h3H2,1-2H3. The Morgan fingerprint density at radius 1 is 0.737 bits per heavy atom. The van der Waals surface area contributed by atoms with Crippen molar-refractivity contribution >= 4 is 0 Å². The summed E-state index contributed by atoms with van der Waals surface area (Å²) in [5, 5.41) is 0. The van der Waals surface area contributed by atoms with Crippen LogP contribution < -0.4 is 0 Å². The van der Waals surface area contributed by atoms with E-state index in [1.165, 1.54) is 0 Å². The topological polar surface area (TPSA) is 9.23 Å². The smallest absolute Gasteiger partial charge is 0.270 e. The van der Waals surface area contributed by atoms with Gasteiger partial charge >= 0.3 is 18.2 Å². The Hall–Kier alpha value is -0.740. The van der Waals surface area contributed by atoms with Gasteiger partial charge in [-0.15, -0.1) is 0 Å². The van der Waals surface area contributed by atoms with Crippen LogP contribution in [-0.4, -0.2) is 30.0 Å². The maximum Gasteiger partial charge on any atom is 0.483 e. The summed E-state index contributed by atoms with van der Waals surface area (Å²) in [6.45, 7) is -0.572. The van der Waals surface area contributed by atoms with Gasteiger partial charge in [0.1, 0.15) is 0 Å². The molecule has 19 heavy (non-hydrogen) atoms. The molecule has 1 atom stereocenters. The minimum absolute atomic E-state index is 0.0844. The number of hydrogen-bond donors (Lipinski definition) is 0. The van der Waals surface area contributed by atoms with Crippen molar-refractivity contribution in [1.82, 2.24) is 0 Å². The average molecular weight is 310 g/mol. The van der Waals surface area contributed by atoms with Gasteiger partial charge < -0.3 is 0 Å². The van der Waals surface area contributed by atoms with Crippen molar-refractivity contribution in [3.63, 3.8) is 0 Å². The van der Waals surface area contributed by atoms with Gasteiger partial charge in [-0.3, -0.25) is 4.74 Å². The molecule has 0 aliphatic carbocycles. The molecule has 11 heteroatoms. The Bertz CT molecular complexity index is 312. The van der Waals surface area contributed by atoms with Crippen molar-refractivity contribution in [2.24, 2.45) is 0 Å². The van der Waals surface area contributed by atoms with Gasteiger partial charge in [0, 0.05) is 6.92 Å². The third kappa shape index (κ3) is 4.69. The van der Waals surface area contributed by atoms with Gasteiger partial charge in [-0.2, -0.15) is 22.0 Å². The highest BCUT2D eigenvalue weighted by Crippen LogP contribution is 2.47. The number of ether oxygens (including phenoxy) is 1. The summed E-state index contributed by atoms with van der Waals surface area (Å²) in [6, 6.07) is 0. The summed E-state index contributed by atoms with van der Waals surface area (Å²) >= 11 is 0. The first kappa shape index (κ1) is 18.3. The highest BCUT2D eigenvalue weighted by Gasteiger charge is 2.68. The quantitative estimate of drug-likeness (QED) is 0.678. The third-order valence-electron chi connectivity index (χ3n) is 1.84. The molecule has 0 amide bonds. The van der Waals surface area contributed by atoms with Crippen molar-refractivity contribution in [3.8, 4) is 0 Å². The van der Waals surface area contributed by atoms with Gasteiger partial charge in [-0.05, 0) is 6.92 Å². The number of rotatable bonds is 5. The molecule has 0 N–H and O–H groups in total. The van der Waals surface area contributed by atoms with E-state index in [2.05, 4.69) is 4.74 Å². The minimum Gasteiger partial charge on any atom is -0.270 e. The fourth-order valence-corrected chi connectivity index (χ4v) is 0.921. The van der Waals surface area contributed by atoms with E-state index < -0.39 is 43.3 Å². The van der Waals surface area contributed by atoms with Crippen molar-refractivity contribution in [1.29, 1.82) is 0 Å². The van der Waals surface area contributed by atoms with E-state index in [1.54, 1.807) is 0 Å². The third-order valence-corrected chi connectivity index (χ3v) is 1.84. The van der Waals surface area contributed by atoms with E-state index in [0.717, 1.165) is 0 Å². The lowest BCUT2D eigenvalue weighted by atomic mass is 10.0. The monoisotopic (exact) mass is 310 g/mol. The Morgan fingerprint density at radius 2 is 1.11 bits per heavy atom. The van der Waals surface area contributed by atoms with Gasteiger partial charge in [0.25, 0.3) is 11.8 Å². The fraction of sp³-hybridized carbons (Fsp3) is 1.00.